The zero-order valence-electron chi connectivity index (χ0n) is 8.45. The molecule has 13 heavy (non-hydrogen) atoms. The molecule has 0 aromatic heterocycles. The van der Waals surface area contributed by atoms with Gasteiger partial charge in [0.05, 0.1) is 5.92 Å². The Morgan fingerprint density at radius 3 is 2.31 bits per heavy atom. The summed E-state index contributed by atoms with van der Waals surface area (Å²) in [5, 5.41) is 8.59. The minimum Gasteiger partial charge on any atom is -0.481 e. The molecule has 0 rings (SSSR count). The first-order chi connectivity index (χ1) is 5.97. The van der Waals surface area contributed by atoms with E-state index in [1.807, 2.05) is 13.8 Å². The fourth-order valence-electron chi connectivity index (χ4n) is 0.853. The Morgan fingerprint density at radius 2 is 1.92 bits per heavy atom. The van der Waals surface area contributed by atoms with Crippen LogP contribution in [0.4, 0.5) is 0 Å². The summed E-state index contributed by atoms with van der Waals surface area (Å²) in [5.41, 5.74) is 0. The van der Waals surface area contributed by atoms with Crippen molar-refractivity contribution in [3.63, 3.8) is 0 Å². The van der Waals surface area contributed by atoms with E-state index in [0.29, 0.717) is 11.7 Å². The molecule has 3 atom stereocenters. The molecule has 0 saturated heterocycles. The maximum atomic E-state index is 11.4. The Kier molecular flexibility index (Phi) is 5.95. The molecule has 0 amide bonds. The van der Waals surface area contributed by atoms with Crippen LogP contribution in [0.15, 0.2) is 0 Å². The maximum Gasteiger partial charge on any atom is 0.307 e. The van der Waals surface area contributed by atoms with Crippen molar-refractivity contribution in [2.75, 3.05) is 11.5 Å². The van der Waals surface area contributed by atoms with E-state index in [1.54, 1.807) is 6.92 Å². The molecule has 3 unspecified atom stereocenters. The van der Waals surface area contributed by atoms with Crippen LogP contribution in [0.25, 0.3) is 0 Å². The molecule has 0 aliphatic heterocycles. The molecule has 0 aliphatic rings. The summed E-state index contributed by atoms with van der Waals surface area (Å²) in [6.45, 7) is 5.67. The van der Waals surface area contributed by atoms with Crippen LogP contribution in [-0.4, -0.2) is 26.8 Å². The highest BCUT2D eigenvalue weighted by Crippen LogP contribution is 2.06. The number of carboxylic acid groups (broad SMARTS) is 1. The van der Waals surface area contributed by atoms with Crippen LogP contribution >= 0.6 is 0 Å². The van der Waals surface area contributed by atoms with Gasteiger partial charge in [-0.1, -0.05) is 27.2 Å². The molecule has 0 saturated carbocycles. The lowest BCUT2D eigenvalue weighted by Gasteiger charge is -2.09. The monoisotopic (exact) mass is 206 g/mol. The molecular weight excluding hydrogens is 188 g/mol. The van der Waals surface area contributed by atoms with Crippen molar-refractivity contribution < 1.29 is 14.1 Å². The van der Waals surface area contributed by atoms with Crippen molar-refractivity contribution in [1.82, 2.24) is 0 Å². The number of rotatable bonds is 6. The van der Waals surface area contributed by atoms with E-state index >= 15 is 0 Å². The van der Waals surface area contributed by atoms with Crippen LogP contribution in [0.1, 0.15) is 27.2 Å². The van der Waals surface area contributed by atoms with Crippen molar-refractivity contribution in [2.45, 2.75) is 27.2 Å². The molecule has 0 bridgehead atoms. The van der Waals surface area contributed by atoms with E-state index in [4.69, 9.17) is 5.11 Å². The molecule has 1 N–H and O–H groups in total. The van der Waals surface area contributed by atoms with Crippen molar-refractivity contribution >= 4 is 16.8 Å². The standard InChI is InChI=1S/C9H18O3S/c1-4-7(2)5-13(12)6-8(3)9(10)11/h7-8H,4-6H2,1-3H3,(H,10,11). The van der Waals surface area contributed by atoms with Crippen LogP contribution in [0.3, 0.4) is 0 Å². The predicted octanol–water partition coefficient (Wildman–Crippen LogP) is 1.50. The van der Waals surface area contributed by atoms with Crippen molar-refractivity contribution in [2.24, 2.45) is 11.8 Å². The second-order valence-corrected chi connectivity index (χ2v) is 5.07. The normalized spacial score (nSPS) is 17.8. The van der Waals surface area contributed by atoms with E-state index in [1.165, 1.54) is 0 Å². The van der Waals surface area contributed by atoms with E-state index in [2.05, 4.69) is 0 Å². The van der Waals surface area contributed by atoms with Crippen LogP contribution in [0.5, 0.6) is 0 Å². The summed E-state index contributed by atoms with van der Waals surface area (Å²) in [4.78, 5) is 10.5. The van der Waals surface area contributed by atoms with E-state index in [-0.39, 0.29) is 5.75 Å². The second-order valence-electron chi connectivity index (χ2n) is 3.53. The van der Waals surface area contributed by atoms with Gasteiger partial charge in [0.1, 0.15) is 0 Å². The minimum atomic E-state index is -0.981. The number of hydrogen-bond donors (Lipinski definition) is 1. The van der Waals surface area contributed by atoms with Gasteiger partial charge in [-0.3, -0.25) is 9.00 Å². The highest BCUT2D eigenvalue weighted by Gasteiger charge is 2.15. The summed E-state index contributed by atoms with van der Waals surface area (Å²) in [6, 6.07) is 0. The highest BCUT2D eigenvalue weighted by atomic mass is 32.2. The quantitative estimate of drug-likeness (QED) is 0.716. The van der Waals surface area contributed by atoms with Gasteiger partial charge >= 0.3 is 5.97 Å². The fourth-order valence-corrected chi connectivity index (χ4v) is 2.56. The van der Waals surface area contributed by atoms with E-state index < -0.39 is 22.7 Å². The third-order valence-electron chi connectivity index (χ3n) is 2.02. The lowest BCUT2D eigenvalue weighted by atomic mass is 10.2. The van der Waals surface area contributed by atoms with Gasteiger partial charge in [0.2, 0.25) is 0 Å². The molecular formula is C9H18O3S. The summed E-state index contributed by atoms with van der Waals surface area (Å²) >= 11 is 0. The number of carbonyl (C=O) groups is 1. The lowest BCUT2D eigenvalue weighted by Crippen LogP contribution is -2.20. The fraction of sp³-hybridized carbons (Fsp3) is 0.889. The minimum absolute atomic E-state index is 0.277. The van der Waals surface area contributed by atoms with Gasteiger partial charge in [-0.05, 0) is 5.92 Å². The molecule has 3 nitrogen and oxygen atoms in total. The maximum absolute atomic E-state index is 11.4. The Balaban J connectivity index is 3.81. The molecule has 0 fully saturated rings. The first kappa shape index (κ1) is 12.6. The average molecular weight is 206 g/mol. The first-order valence-corrected chi connectivity index (χ1v) is 6.04. The smallest absolute Gasteiger partial charge is 0.307 e. The van der Waals surface area contributed by atoms with Gasteiger partial charge in [0.25, 0.3) is 0 Å². The highest BCUT2D eigenvalue weighted by molar-refractivity contribution is 7.85. The Bertz CT molecular complexity index is 191. The van der Waals surface area contributed by atoms with Gasteiger partial charge in [-0.25, -0.2) is 0 Å². The van der Waals surface area contributed by atoms with Gasteiger partial charge in [-0.2, -0.15) is 0 Å². The van der Waals surface area contributed by atoms with Crippen molar-refractivity contribution in [3.05, 3.63) is 0 Å². The third kappa shape index (κ3) is 5.80. The van der Waals surface area contributed by atoms with Crippen molar-refractivity contribution in [3.8, 4) is 0 Å². The van der Waals surface area contributed by atoms with Crippen molar-refractivity contribution in [1.29, 1.82) is 0 Å². The Labute approximate surface area is 82.0 Å². The molecule has 0 spiro atoms. The van der Waals surface area contributed by atoms with E-state index in [9.17, 15) is 9.00 Å². The summed E-state index contributed by atoms with van der Waals surface area (Å²) in [5.74, 6) is -0.0439. The summed E-state index contributed by atoms with van der Waals surface area (Å²) in [6.07, 6.45) is 0.993. The lowest BCUT2D eigenvalue weighted by molar-refractivity contribution is -0.140. The number of aliphatic carboxylic acids is 1. The Morgan fingerprint density at radius 1 is 1.38 bits per heavy atom. The van der Waals surface area contributed by atoms with Crippen LogP contribution in [-0.2, 0) is 15.6 Å². The largest absolute Gasteiger partial charge is 0.481 e. The number of carboxylic acids is 1. The third-order valence-corrected chi connectivity index (χ3v) is 3.84. The van der Waals surface area contributed by atoms with Crippen LogP contribution in [0, 0.1) is 11.8 Å². The summed E-state index contributed by atoms with van der Waals surface area (Å²) in [7, 11) is -0.981. The molecule has 0 aromatic carbocycles. The topological polar surface area (TPSA) is 54.4 Å². The zero-order valence-corrected chi connectivity index (χ0v) is 9.26. The molecule has 78 valence electrons. The van der Waals surface area contributed by atoms with Crippen LogP contribution < -0.4 is 0 Å². The zero-order chi connectivity index (χ0) is 10.4. The molecule has 0 aromatic rings. The molecule has 0 radical (unpaired) electrons. The van der Waals surface area contributed by atoms with Gasteiger partial charge in [0, 0.05) is 22.3 Å². The predicted molar refractivity (Wildman–Crippen MR) is 54.1 cm³/mol. The van der Waals surface area contributed by atoms with Gasteiger partial charge in [0.15, 0.2) is 0 Å². The molecule has 0 aliphatic carbocycles. The number of hydrogen-bond acceptors (Lipinski definition) is 2. The van der Waals surface area contributed by atoms with Gasteiger partial charge < -0.3 is 5.11 Å². The molecule has 4 heteroatoms. The summed E-state index contributed by atoms with van der Waals surface area (Å²) < 4.78 is 11.4. The molecule has 0 heterocycles. The SMILES string of the molecule is CCC(C)CS(=O)CC(C)C(=O)O. The Hall–Kier alpha value is -0.380. The first-order valence-electron chi connectivity index (χ1n) is 4.55. The second kappa shape index (κ2) is 6.13. The van der Waals surface area contributed by atoms with Gasteiger partial charge in [-0.15, -0.1) is 0 Å². The van der Waals surface area contributed by atoms with E-state index in [0.717, 1.165) is 6.42 Å². The average Bonchev–Trinajstić information content (AvgIpc) is 2.03. The van der Waals surface area contributed by atoms with Crippen LogP contribution in [0.2, 0.25) is 0 Å².